The summed E-state index contributed by atoms with van der Waals surface area (Å²) in [5.41, 5.74) is 2.20. The van der Waals surface area contributed by atoms with Crippen molar-refractivity contribution in [2.75, 3.05) is 27.1 Å². The number of hydrogen-bond donors (Lipinski definition) is 0. The first-order valence-corrected chi connectivity index (χ1v) is 20.2. The van der Waals surface area contributed by atoms with Crippen LogP contribution < -0.4 is 0 Å². The van der Waals surface area contributed by atoms with Crippen LogP contribution in [0.3, 0.4) is 0 Å². The van der Waals surface area contributed by atoms with Crippen LogP contribution in [0, 0.1) is 0 Å². The minimum Gasteiger partial charge on any atom is -0.492 e. The molecule has 0 saturated carbocycles. The van der Waals surface area contributed by atoms with Gasteiger partial charge in [-0.1, -0.05) is 81.4 Å². The molecule has 0 unspecified atom stereocenters. The standard InChI is InChI=1S/C38H56O8Si/c1-38(2,3)47(5,6)46-36-34(24-30-19-20-31-32(44-30)18-13-22-41-31)45-33(21-23-40-27-39-4)35(42-25-28-14-9-7-10-15-28)37(36)43-26-29-16-11-8-12-17-29/h7-12,14-17,19,31-37H,13,18,20-27H2,1-6H3/t31-,32+,33+,34-,35+,36-,37-/m1/s1. The van der Waals surface area contributed by atoms with Crippen molar-refractivity contribution in [2.24, 2.45) is 0 Å². The van der Waals surface area contributed by atoms with Gasteiger partial charge >= 0.3 is 0 Å². The zero-order valence-electron chi connectivity index (χ0n) is 29.2. The van der Waals surface area contributed by atoms with Gasteiger partial charge in [0.1, 0.15) is 31.2 Å². The van der Waals surface area contributed by atoms with E-state index in [1.54, 1.807) is 7.11 Å². The van der Waals surface area contributed by atoms with Crippen molar-refractivity contribution in [1.82, 2.24) is 0 Å². The van der Waals surface area contributed by atoms with Gasteiger partial charge in [0.05, 0.1) is 43.9 Å². The minimum atomic E-state index is -2.29. The van der Waals surface area contributed by atoms with Crippen molar-refractivity contribution in [1.29, 1.82) is 0 Å². The first-order valence-electron chi connectivity index (χ1n) is 17.3. The molecule has 2 aromatic carbocycles. The second-order valence-corrected chi connectivity index (χ2v) is 19.3. The van der Waals surface area contributed by atoms with Crippen LogP contribution in [0.25, 0.3) is 0 Å². The molecule has 2 fully saturated rings. The zero-order valence-corrected chi connectivity index (χ0v) is 30.2. The second kappa shape index (κ2) is 17.0. The summed E-state index contributed by atoms with van der Waals surface area (Å²) < 4.78 is 51.7. The molecule has 2 aromatic rings. The monoisotopic (exact) mass is 668 g/mol. The van der Waals surface area contributed by atoms with E-state index in [0.717, 1.165) is 42.8 Å². The van der Waals surface area contributed by atoms with Crippen LogP contribution in [-0.2, 0) is 50.8 Å². The number of rotatable bonds is 15. The molecule has 0 bridgehead atoms. The van der Waals surface area contributed by atoms with E-state index in [4.69, 9.17) is 37.6 Å². The van der Waals surface area contributed by atoms with Crippen LogP contribution in [0.1, 0.15) is 64.0 Å². The lowest BCUT2D eigenvalue weighted by Crippen LogP contribution is -2.63. The summed E-state index contributed by atoms with van der Waals surface area (Å²) in [6.45, 7) is 13.8. The molecule has 3 aliphatic heterocycles. The smallest absolute Gasteiger partial charge is 0.192 e. The number of methoxy groups -OCH3 is 1. The Morgan fingerprint density at radius 1 is 0.830 bits per heavy atom. The highest BCUT2D eigenvalue weighted by Crippen LogP contribution is 2.42. The summed E-state index contributed by atoms with van der Waals surface area (Å²) in [5, 5.41) is -0.0139. The maximum atomic E-state index is 7.33. The normalized spacial score (nSPS) is 28.3. The van der Waals surface area contributed by atoms with E-state index < -0.39 is 20.5 Å². The van der Waals surface area contributed by atoms with Gasteiger partial charge in [0, 0.05) is 20.1 Å². The quantitative estimate of drug-likeness (QED) is 0.109. The van der Waals surface area contributed by atoms with E-state index in [9.17, 15) is 0 Å². The highest BCUT2D eigenvalue weighted by atomic mass is 28.4. The molecular weight excluding hydrogens is 612 g/mol. The van der Waals surface area contributed by atoms with E-state index >= 15 is 0 Å². The van der Waals surface area contributed by atoms with Gasteiger partial charge in [0.25, 0.3) is 0 Å². The Kier molecular flexibility index (Phi) is 13.1. The van der Waals surface area contributed by atoms with Crippen LogP contribution in [0.4, 0.5) is 0 Å². The molecular formula is C38H56O8Si. The lowest BCUT2D eigenvalue weighted by Gasteiger charge is -2.50. The van der Waals surface area contributed by atoms with Crippen molar-refractivity contribution < 1.29 is 37.6 Å². The Morgan fingerprint density at radius 2 is 1.49 bits per heavy atom. The van der Waals surface area contributed by atoms with Crippen LogP contribution in [0.15, 0.2) is 72.5 Å². The van der Waals surface area contributed by atoms with Crippen molar-refractivity contribution in [3.8, 4) is 0 Å². The molecule has 260 valence electrons. The molecule has 0 amide bonds. The topological polar surface area (TPSA) is 73.8 Å². The molecule has 0 N–H and O–H groups in total. The van der Waals surface area contributed by atoms with Gasteiger partial charge in [0.15, 0.2) is 8.32 Å². The molecule has 3 heterocycles. The Bertz CT molecular complexity index is 1230. The largest absolute Gasteiger partial charge is 0.492 e. The predicted octanol–water partition coefficient (Wildman–Crippen LogP) is 7.57. The summed E-state index contributed by atoms with van der Waals surface area (Å²) in [6.07, 6.45) is 4.73. The Hall–Kier alpha value is -2.08. The minimum absolute atomic E-state index is 0.0139. The number of fused-ring (bicyclic) bond motifs is 1. The van der Waals surface area contributed by atoms with Gasteiger partial charge in [-0.15, -0.1) is 0 Å². The molecule has 8 nitrogen and oxygen atoms in total. The van der Waals surface area contributed by atoms with Crippen molar-refractivity contribution in [3.05, 3.63) is 83.6 Å². The third kappa shape index (κ3) is 9.98. The zero-order chi connectivity index (χ0) is 33.3. The van der Waals surface area contributed by atoms with Gasteiger partial charge in [-0.25, -0.2) is 0 Å². The number of hydrogen-bond acceptors (Lipinski definition) is 8. The van der Waals surface area contributed by atoms with E-state index in [1.807, 2.05) is 36.4 Å². The summed E-state index contributed by atoms with van der Waals surface area (Å²) in [7, 11) is -0.656. The third-order valence-corrected chi connectivity index (χ3v) is 14.4. The second-order valence-electron chi connectivity index (χ2n) is 14.5. The molecule has 47 heavy (non-hydrogen) atoms. The van der Waals surface area contributed by atoms with Gasteiger partial charge < -0.3 is 37.6 Å². The van der Waals surface area contributed by atoms with E-state index in [0.29, 0.717) is 32.7 Å². The molecule has 0 aliphatic carbocycles. The maximum absolute atomic E-state index is 7.33. The highest BCUT2D eigenvalue weighted by molar-refractivity contribution is 6.74. The van der Waals surface area contributed by atoms with E-state index in [1.165, 1.54) is 0 Å². The lowest BCUT2D eigenvalue weighted by molar-refractivity contribution is -0.253. The SMILES string of the molecule is COCOCC[C@@H]1O[C@H](CC2=CC[C@H]3OCCC[C@@H]3O2)[C@@H](O[Si](C)(C)C(C)(C)C)[C@H](OCc2ccccc2)[C@H]1OCc1ccccc1. The molecule has 2 saturated heterocycles. The van der Waals surface area contributed by atoms with Crippen LogP contribution in [0.5, 0.6) is 0 Å². The molecule has 0 radical (unpaired) electrons. The summed E-state index contributed by atoms with van der Waals surface area (Å²) in [5.74, 6) is 0.949. The summed E-state index contributed by atoms with van der Waals surface area (Å²) >= 11 is 0. The molecule has 5 rings (SSSR count). The van der Waals surface area contributed by atoms with Crippen LogP contribution in [-0.4, -0.2) is 78.2 Å². The lowest BCUT2D eigenvalue weighted by atomic mass is 9.90. The van der Waals surface area contributed by atoms with Gasteiger partial charge in [-0.05, 0) is 61.0 Å². The maximum Gasteiger partial charge on any atom is 0.192 e. The van der Waals surface area contributed by atoms with Gasteiger partial charge in [-0.3, -0.25) is 0 Å². The summed E-state index contributed by atoms with van der Waals surface area (Å²) in [4.78, 5) is 0. The van der Waals surface area contributed by atoms with Crippen molar-refractivity contribution in [3.63, 3.8) is 0 Å². The van der Waals surface area contributed by atoms with Crippen molar-refractivity contribution >= 4 is 8.32 Å². The molecule has 9 heteroatoms. The number of ether oxygens (including phenoxy) is 7. The highest BCUT2D eigenvalue weighted by Gasteiger charge is 2.52. The van der Waals surface area contributed by atoms with Crippen LogP contribution in [0.2, 0.25) is 18.1 Å². The van der Waals surface area contributed by atoms with Gasteiger partial charge in [-0.2, -0.15) is 0 Å². The Balaban J connectivity index is 1.48. The molecule has 0 aromatic heterocycles. The molecule has 7 atom stereocenters. The fraction of sp³-hybridized carbons (Fsp3) is 0.632. The molecule has 0 spiro atoms. The average Bonchev–Trinajstić information content (AvgIpc) is 3.06. The first kappa shape index (κ1) is 36.2. The fourth-order valence-electron chi connectivity index (χ4n) is 6.30. The fourth-order valence-corrected chi connectivity index (χ4v) is 7.62. The molecule has 3 aliphatic rings. The average molecular weight is 669 g/mol. The van der Waals surface area contributed by atoms with Crippen LogP contribution >= 0.6 is 0 Å². The van der Waals surface area contributed by atoms with E-state index in [2.05, 4.69) is 64.2 Å². The van der Waals surface area contributed by atoms with Gasteiger partial charge in [0.2, 0.25) is 0 Å². The first-order chi connectivity index (χ1) is 22.6. The Labute approximate surface area is 283 Å². The van der Waals surface area contributed by atoms with E-state index in [-0.39, 0.29) is 42.4 Å². The Morgan fingerprint density at radius 3 is 2.13 bits per heavy atom. The third-order valence-electron chi connectivity index (χ3n) is 9.95. The van der Waals surface area contributed by atoms with Crippen molar-refractivity contribution in [2.45, 2.75) is 127 Å². The predicted molar refractivity (Wildman–Crippen MR) is 184 cm³/mol. The summed E-state index contributed by atoms with van der Waals surface area (Å²) in [6, 6.07) is 20.6. The number of benzene rings is 2.